The van der Waals surface area contributed by atoms with Crippen LogP contribution in [0.3, 0.4) is 0 Å². The fraction of sp³-hybridized carbons (Fsp3) is 0.571. The topological polar surface area (TPSA) is 67.4 Å². The molecule has 1 saturated carbocycles. The molecule has 1 fully saturated rings. The SMILES string of the molecule is CCOCCNS(=O)(=O)c1ccccc1CNC1CC1. The summed E-state index contributed by atoms with van der Waals surface area (Å²) in [4.78, 5) is 0.352. The van der Waals surface area contributed by atoms with E-state index in [4.69, 9.17) is 4.74 Å². The minimum atomic E-state index is -3.47. The summed E-state index contributed by atoms with van der Waals surface area (Å²) in [7, 11) is -3.47. The van der Waals surface area contributed by atoms with E-state index in [1.54, 1.807) is 12.1 Å². The number of hydrogen-bond acceptors (Lipinski definition) is 4. The average Bonchev–Trinajstić information content (AvgIpc) is 3.26. The first-order valence-corrected chi connectivity index (χ1v) is 8.50. The van der Waals surface area contributed by atoms with E-state index >= 15 is 0 Å². The van der Waals surface area contributed by atoms with Gasteiger partial charge in [-0.25, -0.2) is 13.1 Å². The lowest BCUT2D eigenvalue weighted by Gasteiger charge is -2.12. The molecule has 1 aromatic carbocycles. The maximum atomic E-state index is 12.3. The maximum absolute atomic E-state index is 12.3. The van der Waals surface area contributed by atoms with E-state index in [-0.39, 0.29) is 0 Å². The van der Waals surface area contributed by atoms with Crippen molar-refractivity contribution in [2.24, 2.45) is 0 Å². The Morgan fingerprint density at radius 2 is 2.05 bits per heavy atom. The van der Waals surface area contributed by atoms with Crippen molar-refractivity contribution in [3.8, 4) is 0 Å². The highest BCUT2D eigenvalue weighted by atomic mass is 32.2. The predicted molar refractivity (Wildman–Crippen MR) is 78.0 cm³/mol. The van der Waals surface area contributed by atoms with Crippen LogP contribution in [-0.4, -0.2) is 34.2 Å². The van der Waals surface area contributed by atoms with Crippen molar-refractivity contribution in [1.82, 2.24) is 10.0 Å². The van der Waals surface area contributed by atoms with Crippen molar-refractivity contribution in [1.29, 1.82) is 0 Å². The van der Waals surface area contributed by atoms with Crippen LogP contribution in [0.4, 0.5) is 0 Å². The van der Waals surface area contributed by atoms with Crippen LogP contribution in [-0.2, 0) is 21.3 Å². The number of sulfonamides is 1. The molecule has 0 bridgehead atoms. The molecule has 0 atom stereocenters. The van der Waals surface area contributed by atoms with Crippen LogP contribution in [0.5, 0.6) is 0 Å². The number of benzene rings is 1. The second-order valence-corrected chi connectivity index (χ2v) is 6.59. The fourth-order valence-electron chi connectivity index (χ4n) is 1.92. The largest absolute Gasteiger partial charge is 0.380 e. The average molecular weight is 298 g/mol. The van der Waals surface area contributed by atoms with Crippen LogP contribution in [0.25, 0.3) is 0 Å². The summed E-state index contributed by atoms with van der Waals surface area (Å²) in [5.74, 6) is 0. The molecule has 6 heteroatoms. The minimum Gasteiger partial charge on any atom is -0.380 e. The van der Waals surface area contributed by atoms with Crippen LogP contribution in [0, 0.1) is 0 Å². The lowest BCUT2D eigenvalue weighted by atomic mass is 10.2. The summed E-state index contributed by atoms with van der Waals surface area (Å²) in [6.07, 6.45) is 2.36. The summed E-state index contributed by atoms with van der Waals surface area (Å²) in [5, 5.41) is 3.34. The van der Waals surface area contributed by atoms with E-state index in [9.17, 15) is 8.42 Å². The van der Waals surface area contributed by atoms with Crippen molar-refractivity contribution >= 4 is 10.0 Å². The van der Waals surface area contributed by atoms with Gasteiger partial charge in [0.1, 0.15) is 0 Å². The van der Waals surface area contributed by atoms with E-state index in [2.05, 4.69) is 10.0 Å². The van der Waals surface area contributed by atoms with Crippen molar-refractivity contribution in [3.63, 3.8) is 0 Å². The van der Waals surface area contributed by atoms with Crippen molar-refractivity contribution in [3.05, 3.63) is 29.8 Å². The van der Waals surface area contributed by atoms with Gasteiger partial charge in [0.15, 0.2) is 0 Å². The number of nitrogens with one attached hydrogen (secondary N) is 2. The van der Waals surface area contributed by atoms with Gasteiger partial charge in [0.25, 0.3) is 0 Å². The van der Waals surface area contributed by atoms with Crippen molar-refractivity contribution in [2.75, 3.05) is 19.8 Å². The third kappa shape index (κ3) is 4.56. The lowest BCUT2D eigenvalue weighted by molar-refractivity contribution is 0.153. The molecule has 0 heterocycles. The van der Waals surface area contributed by atoms with Gasteiger partial charge >= 0.3 is 0 Å². The normalized spacial score (nSPS) is 15.4. The molecule has 0 saturated heterocycles. The summed E-state index contributed by atoms with van der Waals surface area (Å²) in [6.45, 7) is 3.74. The Kier molecular flexibility index (Phi) is 5.54. The van der Waals surface area contributed by atoms with Gasteiger partial charge in [0, 0.05) is 25.7 Å². The van der Waals surface area contributed by atoms with E-state index in [1.165, 1.54) is 12.8 Å². The zero-order valence-corrected chi connectivity index (χ0v) is 12.6. The van der Waals surface area contributed by atoms with Gasteiger partial charge in [-0.3, -0.25) is 0 Å². The number of ether oxygens (including phenoxy) is 1. The molecular formula is C14H22N2O3S. The van der Waals surface area contributed by atoms with Gasteiger partial charge < -0.3 is 10.1 Å². The molecule has 20 heavy (non-hydrogen) atoms. The second kappa shape index (κ2) is 7.17. The molecule has 0 radical (unpaired) electrons. The molecule has 2 N–H and O–H groups in total. The first-order valence-electron chi connectivity index (χ1n) is 7.02. The number of rotatable bonds is 9. The standard InChI is InChI=1S/C14H22N2O3S/c1-2-19-10-9-16-20(17,18)14-6-4-3-5-12(14)11-15-13-7-8-13/h3-6,13,15-16H,2,7-11H2,1H3. The molecule has 0 aromatic heterocycles. The van der Waals surface area contributed by atoms with E-state index in [0.717, 1.165) is 5.56 Å². The Balaban J connectivity index is 2.01. The molecule has 1 aliphatic carbocycles. The Morgan fingerprint density at radius 3 is 2.75 bits per heavy atom. The summed E-state index contributed by atoms with van der Waals surface area (Å²) in [5.41, 5.74) is 0.809. The molecular weight excluding hydrogens is 276 g/mol. The lowest BCUT2D eigenvalue weighted by Crippen LogP contribution is -2.29. The van der Waals surface area contributed by atoms with Crippen molar-refractivity contribution in [2.45, 2.75) is 37.2 Å². The monoisotopic (exact) mass is 298 g/mol. The third-order valence-electron chi connectivity index (χ3n) is 3.16. The molecule has 1 aliphatic rings. The Bertz CT molecular complexity index is 527. The molecule has 0 spiro atoms. The third-order valence-corrected chi connectivity index (χ3v) is 4.72. The summed E-state index contributed by atoms with van der Waals surface area (Å²) >= 11 is 0. The molecule has 1 aromatic rings. The van der Waals surface area contributed by atoms with Crippen LogP contribution in [0.15, 0.2) is 29.2 Å². The van der Waals surface area contributed by atoms with Crippen LogP contribution in [0.2, 0.25) is 0 Å². The minimum absolute atomic E-state index is 0.292. The van der Waals surface area contributed by atoms with Gasteiger partial charge in [-0.1, -0.05) is 18.2 Å². The maximum Gasteiger partial charge on any atom is 0.240 e. The Morgan fingerprint density at radius 1 is 1.30 bits per heavy atom. The molecule has 5 nitrogen and oxygen atoms in total. The zero-order chi connectivity index (χ0) is 14.4. The summed E-state index contributed by atoms with van der Waals surface area (Å²) < 4.78 is 32.3. The van der Waals surface area contributed by atoms with Gasteiger partial charge in [0.2, 0.25) is 10.0 Å². The second-order valence-electron chi connectivity index (χ2n) is 4.86. The first-order chi connectivity index (χ1) is 9.63. The highest BCUT2D eigenvalue weighted by Gasteiger charge is 2.22. The fourth-order valence-corrected chi connectivity index (χ4v) is 3.17. The van der Waals surface area contributed by atoms with E-state index in [0.29, 0.717) is 37.2 Å². The molecule has 2 rings (SSSR count). The molecule has 0 amide bonds. The molecule has 0 unspecified atom stereocenters. The predicted octanol–water partition coefficient (Wildman–Crippen LogP) is 1.25. The van der Waals surface area contributed by atoms with E-state index < -0.39 is 10.0 Å². The van der Waals surface area contributed by atoms with Gasteiger partial charge in [-0.2, -0.15) is 0 Å². The Labute approximate surface area is 120 Å². The van der Waals surface area contributed by atoms with Gasteiger partial charge in [0.05, 0.1) is 11.5 Å². The Hall–Kier alpha value is -0.950. The van der Waals surface area contributed by atoms with Crippen molar-refractivity contribution < 1.29 is 13.2 Å². The zero-order valence-electron chi connectivity index (χ0n) is 11.8. The van der Waals surface area contributed by atoms with E-state index in [1.807, 2.05) is 19.1 Å². The van der Waals surface area contributed by atoms with Crippen LogP contribution < -0.4 is 10.0 Å². The highest BCUT2D eigenvalue weighted by Crippen LogP contribution is 2.21. The quantitative estimate of drug-likeness (QED) is 0.673. The highest BCUT2D eigenvalue weighted by molar-refractivity contribution is 7.89. The summed E-state index contributed by atoms with van der Waals surface area (Å²) in [6, 6.07) is 7.66. The van der Waals surface area contributed by atoms with Crippen LogP contribution >= 0.6 is 0 Å². The number of hydrogen-bond donors (Lipinski definition) is 2. The molecule has 112 valence electrons. The molecule has 0 aliphatic heterocycles. The first kappa shape index (κ1) is 15.4. The van der Waals surface area contributed by atoms with Gasteiger partial charge in [-0.15, -0.1) is 0 Å². The van der Waals surface area contributed by atoms with Gasteiger partial charge in [-0.05, 0) is 31.4 Å². The smallest absolute Gasteiger partial charge is 0.240 e. The van der Waals surface area contributed by atoms with Crippen LogP contribution in [0.1, 0.15) is 25.3 Å².